The fourth-order valence-corrected chi connectivity index (χ4v) is 3.04. The largest absolute Gasteiger partial charge is 0.322 e. The van der Waals surface area contributed by atoms with Crippen LogP contribution in [0.3, 0.4) is 0 Å². The van der Waals surface area contributed by atoms with E-state index in [1.165, 1.54) is 0 Å². The van der Waals surface area contributed by atoms with E-state index in [0.717, 1.165) is 33.2 Å². The van der Waals surface area contributed by atoms with Crippen molar-refractivity contribution in [3.05, 3.63) is 99.1 Å². The molecular formula is C23H15ClN2O. The quantitative estimate of drug-likeness (QED) is 0.482. The predicted octanol–water partition coefficient (Wildman–Crippen LogP) is 4.95. The highest BCUT2D eigenvalue weighted by Crippen LogP contribution is 2.21. The Morgan fingerprint density at radius 2 is 1.70 bits per heavy atom. The average molecular weight is 371 g/mol. The Morgan fingerprint density at radius 3 is 2.44 bits per heavy atom. The molecule has 0 aliphatic heterocycles. The van der Waals surface area contributed by atoms with Crippen LogP contribution in [-0.4, -0.2) is 9.97 Å². The topological polar surface area (TPSA) is 45.8 Å². The van der Waals surface area contributed by atoms with Gasteiger partial charge >= 0.3 is 0 Å². The second-order valence-electron chi connectivity index (χ2n) is 6.27. The van der Waals surface area contributed by atoms with E-state index in [2.05, 4.69) is 21.8 Å². The van der Waals surface area contributed by atoms with Crippen molar-refractivity contribution in [2.24, 2.45) is 0 Å². The lowest BCUT2D eigenvalue weighted by Crippen LogP contribution is -2.04. The normalized spacial score (nSPS) is 10.4. The van der Waals surface area contributed by atoms with Crippen LogP contribution in [-0.2, 0) is 0 Å². The summed E-state index contributed by atoms with van der Waals surface area (Å²) >= 11 is 5.93. The Balaban J connectivity index is 1.61. The molecule has 0 radical (unpaired) electrons. The Bertz CT molecular complexity index is 1240. The van der Waals surface area contributed by atoms with Gasteiger partial charge in [0.05, 0.1) is 0 Å². The van der Waals surface area contributed by atoms with E-state index in [1.807, 2.05) is 67.7 Å². The lowest BCUT2D eigenvalue weighted by atomic mass is 10.1. The molecule has 0 aliphatic carbocycles. The summed E-state index contributed by atoms with van der Waals surface area (Å²) in [5.74, 6) is 6.23. The molecule has 0 spiro atoms. The summed E-state index contributed by atoms with van der Waals surface area (Å²) in [6.45, 7) is 1.92. The molecule has 0 atom stereocenters. The van der Waals surface area contributed by atoms with Crippen molar-refractivity contribution in [2.75, 3.05) is 0 Å². The summed E-state index contributed by atoms with van der Waals surface area (Å²) in [6.07, 6.45) is 1.81. The number of H-pyrrole nitrogens is 1. The van der Waals surface area contributed by atoms with Crippen molar-refractivity contribution >= 4 is 22.5 Å². The maximum atomic E-state index is 11.5. The van der Waals surface area contributed by atoms with Gasteiger partial charge in [0.2, 0.25) is 5.56 Å². The van der Waals surface area contributed by atoms with Gasteiger partial charge in [0.1, 0.15) is 5.69 Å². The molecule has 0 unspecified atom stereocenters. The van der Waals surface area contributed by atoms with Crippen molar-refractivity contribution in [3.63, 3.8) is 0 Å². The van der Waals surface area contributed by atoms with Gasteiger partial charge in [-0.3, -0.25) is 4.79 Å². The third-order valence-electron chi connectivity index (χ3n) is 4.33. The first-order valence-corrected chi connectivity index (χ1v) is 8.84. The van der Waals surface area contributed by atoms with Crippen LogP contribution in [0.15, 0.2) is 71.7 Å². The standard InChI is InChI=1S/C23H15ClN2O/c1-15-12-23(27)26-22-11-3-16(13-21(15)22)2-9-20-10-6-18(14-25-20)17-4-7-19(24)8-5-17/h3-8,10-14H,1H3,(H,26,27). The third-order valence-corrected chi connectivity index (χ3v) is 4.58. The van der Waals surface area contributed by atoms with Gasteiger partial charge in [0, 0.05) is 39.3 Å². The summed E-state index contributed by atoms with van der Waals surface area (Å²) in [7, 11) is 0. The van der Waals surface area contributed by atoms with E-state index < -0.39 is 0 Å². The van der Waals surface area contributed by atoms with Gasteiger partial charge in [-0.15, -0.1) is 0 Å². The third kappa shape index (κ3) is 3.76. The number of aryl methyl sites for hydroxylation is 1. The molecule has 3 nitrogen and oxygen atoms in total. The fraction of sp³-hybridized carbons (Fsp3) is 0.0435. The Labute approximate surface area is 161 Å². The molecule has 4 rings (SSSR count). The summed E-state index contributed by atoms with van der Waals surface area (Å²) in [6, 6.07) is 18.9. The van der Waals surface area contributed by atoms with Gasteiger partial charge in [0.15, 0.2) is 0 Å². The molecule has 27 heavy (non-hydrogen) atoms. The maximum absolute atomic E-state index is 11.5. The molecule has 0 bridgehead atoms. The molecule has 4 aromatic rings. The molecular weight excluding hydrogens is 356 g/mol. The molecule has 0 fully saturated rings. The highest BCUT2D eigenvalue weighted by atomic mass is 35.5. The zero-order valence-electron chi connectivity index (χ0n) is 14.6. The Morgan fingerprint density at radius 1 is 0.926 bits per heavy atom. The lowest BCUT2D eigenvalue weighted by molar-refractivity contribution is 1.28. The van der Waals surface area contributed by atoms with Crippen LogP contribution in [0, 0.1) is 18.8 Å². The molecule has 4 heteroatoms. The van der Waals surface area contributed by atoms with Crippen LogP contribution >= 0.6 is 11.6 Å². The van der Waals surface area contributed by atoms with Crippen LogP contribution in [0.4, 0.5) is 0 Å². The van der Waals surface area contributed by atoms with E-state index in [4.69, 9.17) is 11.6 Å². The summed E-state index contributed by atoms with van der Waals surface area (Å²) in [4.78, 5) is 18.8. The predicted molar refractivity (Wildman–Crippen MR) is 110 cm³/mol. The minimum atomic E-state index is -0.0937. The van der Waals surface area contributed by atoms with Crippen molar-refractivity contribution in [1.82, 2.24) is 9.97 Å². The molecule has 0 amide bonds. The monoisotopic (exact) mass is 370 g/mol. The molecule has 2 aromatic heterocycles. The molecule has 2 heterocycles. The van der Waals surface area contributed by atoms with E-state index in [1.54, 1.807) is 6.07 Å². The molecule has 2 aromatic carbocycles. The van der Waals surface area contributed by atoms with Crippen LogP contribution in [0.5, 0.6) is 0 Å². The summed E-state index contributed by atoms with van der Waals surface area (Å²) in [5, 5.41) is 1.70. The number of hydrogen-bond acceptors (Lipinski definition) is 2. The number of aromatic amines is 1. The van der Waals surface area contributed by atoms with Crippen molar-refractivity contribution in [2.45, 2.75) is 6.92 Å². The van der Waals surface area contributed by atoms with Crippen LogP contribution in [0.2, 0.25) is 5.02 Å². The number of fused-ring (bicyclic) bond motifs is 1. The number of benzene rings is 2. The zero-order chi connectivity index (χ0) is 18.8. The van der Waals surface area contributed by atoms with Crippen LogP contribution in [0.1, 0.15) is 16.8 Å². The molecule has 130 valence electrons. The van der Waals surface area contributed by atoms with E-state index in [0.29, 0.717) is 10.7 Å². The van der Waals surface area contributed by atoms with Gasteiger partial charge in [-0.2, -0.15) is 0 Å². The smallest absolute Gasteiger partial charge is 0.248 e. The SMILES string of the molecule is Cc1cc(=O)[nH]c2ccc(C#Cc3ccc(-c4ccc(Cl)cc4)cn3)cc12. The first kappa shape index (κ1) is 17.1. The Kier molecular flexibility index (Phi) is 4.50. The Hall–Kier alpha value is -3.35. The van der Waals surface area contributed by atoms with Gasteiger partial charge in [-0.05, 0) is 60.4 Å². The first-order chi connectivity index (χ1) is 13.1. The minimum absolute atomic E-state index is 0.0937. The van der Waals surface area contributed by atoms with Gasteiger partial charge < -0.3 is 4.98 Å². The van der Waals surface area contributed by atoms with Crippen LogP contribution < -0.4 is 5.56 Å². The number of nitrogens with one attached hydrogen (secondary N) is 1. The minimum Gasteiger partial charge on any atom is -0.322 e. The van der Waals surface area contributed by atoms with Gasteiger partial charge in [0.25, 0.3) is 0 Å². The second kappa shape index (κ2) is 7.11. The van der Waals surface area contributed by atoms with Gasteiger partial charge in [-0.25, -0.2) is 4.98 Å². The second-order valence-corrected chi connectivity index (χ2v) is 6.70. The number of aromatic nitrogens is 2. The number of rotatable bonds is 1. The summed E-state index contributed by atoms with van der Waals surface area (Å²) in [5.41, 5.74) is 5.31. The van der Waals surface area contributed by atoms with E-state index >= 15 is 0 Å². The first-order valence-electron chi connectivity index (χ1n) is 8.46. The molecule has 0 saturated heterocycles. The number of halogens is 1. The average Bonchev–Trinajstić information content (AvgIpc) is 2.67. The van der Waals surface area contributed by atoms with Gasteiger partial charge in [-0.1, -0.05) is 35.7 Å². The molecule has 1 N–H and O–H groups in total. The maximum Gasteiger partial charge on any atom is 0.248 e. The number of hydrogen-bond donors (Lipinski definition) is 1. The van der Waals surface area contributed by atoms with E-state index in [-0.39, 0.29) is 5.56 Å². The highest BCUT2D eigenvalue weighted by Gasteiger charge is 2.01. The number of pyridine rings is 2. The summed E-state index contributed by atoms with van der Waals surface area (Å²) < 4.78 is 0. The molecule has 0 saturated carbocycles. The van der Waals surface area contributed by atoms with Crippen LogP contribution in [0.25, 0.3) is 22.0 Å². The van der Waals surface area contributed by atoms with Crippen molar-refractivity contribution in [3.8, 4) is 23.0 Å². The number of nitrogens with zero attached hydrogens (tertiary/aromatic N) is 1. The van der Waals surface area contributed by atoms with Crippen molar-refractivity contribution in [1.29, 1.82) is 0 Å². The molecule has 0 aliphatic rings. The van der Waals surface area contributed by atoms with Crippen molar-refractivity contribution < 1.29 is 0 Å². The fourth-order valence-electron chi connectivity index (χ4n) is 2.92. The highest BCUT2D eigenvalue weighted by molar-refractivity contribution is 6.30. The zero-order valence-corrected chi connectivity index (χ0v) is 15.3. The lowest BCUT2D eigenvalue weighted by Gasteiger charge is -2.02. The van der Waals surface area contributed by atoms with E-state index in [9.17, 15) is 4.79 Å².